The minimum atomic E-state index is 0.559. The summed E-state index contributed by atoms with van der Waals surface area (Å²) in [7, 11) is 0. The zero-order valence-electron chi connectivity index (χ0n) is 33.5. The summed E-state index contributed by atoms with van der Waals surface area (Å²) >= 11 is 0. The van der Waals surface area contributed by atoms with Crippen molar-refractivity contribution in [3.8, 4) is 73.2 Å². The third-order valence-electron chi connectivity index (χ3n) is 11.9. The van der Waals surface area contributed by atoms with E-state index >= 15 is 0 Å². The molecule has 0 fully saturated rings. The van der Waals surface area contributed by atoms with Crippen molar-refractivity contribution in [2.24, 2.45) is 0 Å². The van der Waals surface area contributed by atoms with Crippen LogP contribution in [0.2, 0.25) is 0 Å². The van der Waals surface area contributed by atoms with Crippen molar-refractivity contribution in [3.05, 3.63) is 218 Å². The van der Waals surface area contributed by atoms with E-state index < -0.39 is 0 Å². The molecule has 0 N–H and O–H groups in total. The molecule has 0 radical (unpaired) electrons. The molecule has 5 heteroatoms. The second-order valence-corrected chi connectivity index (χ2v) is 15.6. The Labute approximate surface area is 357 Å². The van der Waals surface area contributed by atoms with E-state index in [1.165, 1.54) is 0 Å². The van der Waals surface area contributed by atoms with Gasteiger partial charge >= 0.3 is 0 Å². The van der Waals surface area contributed by atoms with Gasteiger partial charge in [0.05, 0.1) is 11.0 Å². The highest BCUT2D eigenvalue weighted by atomic mass is 16.3. The number of rotatable bonds is 7. The van der Waals surface area contributed by atoms with Crippen LogP contribution in [0.15, 0.2) is 223 Å². The molecular formula is C57H36N4O. The van der Waals surface area contributed by atoms with Crippen LogP contribution in [0.5, 0.6) is 0 Å². The van der Waals surface area contributed by atoms with Crippen LogP contribution in [0.25, 0.3) is 117 Å². The monoisotopic (exact) mass is 792 g/mol. The molecule has 0 aliphatic rings. The Morgan fingerprint density at radius 1 is 0.306 bits per heavy atom. The molecule has 0 amide bonds. The minimum Gasteiger partial charge on any atom is -0.455 e. The van der Waals surface area contributed by atoms with Gasteiger partial charge in [-0.25, -0.2) is 4.98 Å². The quantitative estimate of drug-likeness (QED) is 0.161. The second kappa shape index (κ2) is 14.7. The predicted octanol–water partition coefficient (Wildman–Crippen LogP) is 14.9. The topological polar surface area (TPSA) is 56.7 Å². The van der Waals surface area contributed by atoms with Gasteiger partial charge in [0.25, 0.3) is 0 Å². The lowest BCUT2D eigenvalue weighted by atomic mass is 9.97. The Morgan fingerprint density at radius 2 is 0.790 bits per heavy atom. The molecule has 0 bridgehead atoms. The smallest absolute Gasteiger partial charge is 0.238 e. The molecule has 5 nitrogen and oxygen atoms in total. The van der Waals surface area contributed by atoms with Crippen LogP contribution in [0.3, 0.4) is 0 Å². The number of para-hydroxylation sites is 3. The van der Waals surface area contributed by atoms with Gasteiger partial charge in [-0.05, 0) is 69.3 Å². The Balaban J connectivity index is 0.991. The highest BCUT2D eigenvalue weighted by Gasteiger charge is 2.19. The van der Waals surface area contributed by atoms with E-state index in [1.807, 2.05) is 24.3 Å². The van der Waals surface area contributed by atoms with Crippen LogP contribution in [-0.4, -0.2) is 19.5 Å². The molecule has 0 saturated heterocycles. The molecule has 3 aromatic heterocycles. The fraction of sp³-hybridized carbons (Fsp3) is 0. The van der Waals surface area contributed by atoms with Crippen LogP contribution in [-0.2, 0) is 0 Å². The van der Waals surface area contributed by atoms with E-state index in [2.05, 4.69) is 199 Å². The summed E-state index contributed by atoms with van der Waals surface area (Å²) in [5.74, 6) is 1.77. The molecule has 9 aromatic carbocycles. The summed E-state index contributed by atoms with van der Waals surface area (Å²) in [5.41, 5.74) is 14.7. The zero-order chi connectivity index (χ0) is 41.0. The van der Waals surface area contributed by atoms with Crippen molar-refractivity contribution in [3.63, 3.8) is 0 Å². The van der Waals surface area contributed by atoms with Crippen molar-refractivity contribution >= 4 is 43.7 Å². The largest absolute Gasteiger partial charge is 0.455 e. The van der Waals surface area contributed by atoms with Crippen molar-refractivity contribution in [1.82, 2.24) is 19.5 Å². The molecule has 3 heterocycles. The zero-order valence-corrected chi connectivity index (χ0v) is 33.5. The standard InChI is InChI=1S/C57H36N4O/c1-3-13-37(14-4-1)39-25-29-41(30-26-39)55-58-56(42-31-27-40(28-32-42)38-15-5-2-6-16-38)60-57(59-55)61-51-23-9-7-19-47(51)50-36-44(33-34-52(50)61)43-17-11-18-45(35-43)46-21-12-22-49-48-20-8-10-24-53(48)62-54(46)49/h1-36H. The maximum Gasteiger partial charge on any atom is 0.238 e. The lowest BCUT2D eigenvalue weighted by Gasteiger charge is -2.12. The number of furan rings is 1. The Hall–Kier alpha value is -8.41. The molecule has 0 aliphatic carbocycles. The van der Waals surface area contributed by atoms with Crippen LogP contribution in [0.1, 0.15) is 0 Å². The Morgan fingerprint density at radius 3 is 1.48 bits per heavy atom. The van der Waals surface area contributed by atoms with E-state index in [9.17, 15) is 0 Å². The normalized spacial score (nSPS) is 11.5. The van der Waals surface area contributed by atoms with Gasteiger partial charge in [-0.3, -0.25) is 4.57 Å². The van der Waals surface area contributed by atoms with Crippen molar-refractivity contribution < 1.29 is 4.42 Å². The maximum atomic E-state index is 6.44. The lowest BCUT2D eigenvalue weighted by Crippen LogP contribution is -2.06. The highest BCUT2D eigenvalue weighted by Crippen LogP contribution is 2.39. The fourth-order valence-corrected chi connectivity index (χ4v) is 8.82. The molecular weight excluding hydrogens is 757 g/mol. The number of hydrogen-bond acceptors (Lipinski definition) is 4. The molecule has 0 spiro atoms. The van der Waals surface area contributed by atoms with Gasteiger partial charge in [-0.15, -0.1) is 0 Å². The van der Waals surface area contributed by atoms with Crippen molar-refractivity contribution in [1.29, 1.82) is 0 Å². The van der Waals surface area contributed by atoms with Gasteiger partial charge in [0, 0.05) is 38.2 Å². The second-order valence-electron chi connectivity index (χ2n) is 15.6. The van der Waals surface area contributed by atoms with E-state index in [-0.39, 0.29) is 0 Å². The maximum absolute atomic E-state index is 6.44. The average Bonchev–Trinajstić information content (AvgIpc) is 3.90. The van der Waals surface area contributed by atoms with Gasteiger partial charge in [-0.1, -0.05) is 188 Å². The van der Waals surface area contributed by atoms with Gasteiger partial charge in [0.2, 0.25) is 5.95 Å². The molecule has 0 unspecified atom stereocenters. The lowest BCUT2D eigenvalue weighted by molar-refractivity contribution is 0.670. The predicted molar refractivity (Wildman–Crippen MR) is 254 cm³/mol. The Bertz CT molecular complexity index is 3510. The van der Waals surface area contributed by atoms with Crippen molar-refractivity contribution in [2.45, 2.75) is 0 Å². The number of fused-ring (bicyclic) bond motifs is 6. The summed E-state index contributed by atoms with van der Waals surface area (Å²) in [6.45, 7) is 0. The number of nitrogens with zero attached hydrogens (tertiary/aromatic N) is 4. The third kappa shape index (κ3) is 6.14. The average molecular weight is 793 g/mol. The summed E-state index contributed by atoms with van der Waals surface area (Å²) in [4.78, 5) is 15.6. The summed E-state index contributed by atoms with van der Waals surface area (Å²) in [5, 5.41) is 4.48. The molecule has 62 heavy (non-hydrogen) atoms. The SMILES string of the molecule is c1ccc(-c2ccc(-c3nc(-c4ccc(-c5ccccc5)cc4)nc(-n4c5ccccc5c5cc(-c6cccc(-c7cccc8c7oc7ccccc78)c6)ccc54)n3)cc2)cc1. The van der Waals surface area contributed by atoms with Gasteiger partial charge in [-0.2, -0.15) is 9.97 Å². The van der Waals surface area contributed by atoms with E-state index in [4.69, 9.17) is 19.4 Å². The molecule has 290 valence electrons. The minimum absolute atomic E-state index is 0.559. The first-order valence-electron chi connectivity index (χ1n) is 20.8. The molecule has 0 aliphatic heterocycles. The highest BCUT2D eigenvalue weighted by molar-refractivity contribution is 6.11. The first kappa shape index (κ1) is 35.5. The van der Waals surface area contributed by atoms with Gasteiger partial charge < -0.3 is 4.42 Å². The number of benzene rings is 9. The molecule has 12 rings (SSSR count). The fourth-order valence-electron chi connectivity index (χ4n) is 8.82. The summed E-state index contributed by atoms with van der Waals surface area (Å²) < 4.78 is 8.61. The van der Waals surface area contributed by atoms with Gasteiger partial charge in [0.15, 0.2) is 11.6 Å². The molecule has 0 saturated carbocycles. The summed E-state index contributed by atoms with van der Waals surface area (Å²) in [6, 6.07) is 76.4. The van der Waals surface area contributed by atoms with Crippen molar-refractivity contribution in [2.75, 3.05) is 0 Å². The van der Waals surface area contributed by atoms with Crippen LogP contribution < -0.4 is 0 Å². The molecule has 12 aromatic rings. The van der Waals surface area contributed by atoms with E-state index in [1.54, 1.807) is 0 Å². The Kier molecular flexibility index (Phi) is 8.42. The first-order valence-corrected chi connectivity index (χ1v) is 20.8. The molecule has 0 atom stereocenters. The summed E-state index contributed by atoms with van der Waals surface area (Å²) in [6.07, 6.45) is 0. The number of aromatic nitrogens is 4. The third-order valence-corrected chi connectivity index (χ3v) is 11.9. The first-order chi connectivity index (χ1) is 30.7. The van der Waals surface area contributed by atoms with Crippen LogP contribution in [0, 0.1) is 0 Å². The van der Waals surface area contributed by atoms with Gasteiger partial charge in [0.1, 0.15) is 11.2 Å². The van der Waals surface area contributed by atoms with Crippen LogP contribution >= 0.6 is 0 Å². The number of hydrogen-bond donors (Lipinski definition) is 0. The van der Waals surface area contributed by atoms with E-state index in [0.717, 1.165) is 99.4 Å². The van der Waals surface area contributed by atoms with Crippen LogP contribution in [0.4, 0.5) is 0 Å². The van der Waals surface area contributed by atoms with E-state index in [0.29, 0.717) is 17.6 Å².